The Morgan fingerprint density at radius 3 is 2.52 bits per heavy atom. The van der Waals surface area contributed by atoms with E-state index in [2.05, 4.69) is 11.6 Å². The average molecular weight is 314 g/mol. The SMILES string of the molecule is CCC1(CNS(=O)(=O)c2cc(C)c(F)c(CN)c2)CCC1. The molecule has 1 fully saturated rings. The molecule has 4 nitrogen and oxygen atoms in total. The van der Waals surface area contributed by atoms with Gasteiger partial charge in [0.05, 0.1) is 4.90 Å². The normalized spacial score (nSPS) is 17.5. The van der Waals surface area contributed by atoms with Crippen molar-refractivity contribution in [3.8, 4) is 0 Å². The van der Waals surface area contributed by atoms with Crippen molar-refractivity contribution in [2.45, 2.75) is 51.0 Å². The molecule has 0 spiro atoms. The molecule has 3 N–H and O–H groups in total. The summed E-state index contributed by atoms with van der Waals surface area (Å²) < 4.78 is 41.2. The largest absolute Gasteiger partial charge is 0.326 e. The fourth-order valence-electron chi connectivity index (χ4n) is 2.77. The maximum Gasteiger partial charge on any atom is 0.240 e. The van der Waals surface area contributed by atoms with Crippen LogP contribution in [0.5, 0.6) is 0 Å². The van der Waals surface area contributed by atoms with E-state index in [-0.39, 0.29) is 22.4 Å². The van der Waals surface area contributed by atoms with Gasteiger partial charge in [-0.3, -0.25) is 0 Å². The lowest BCUT2D eigenvalue weighted by molar-refractivity contribution is 0.133. The molecule has 1 aromatic carbocycles. The molecule has 0 aromatic heterocycles. The van der Waals surface area contributed by atoms with Crippen molar-refractivity contribution in [3.05, 3.63) is 29.1 Å². The van der Waals surface area contributed by atoms with Crippen molar-refractivity contribution in [2.24, 2.45) is 11.1 Å². The maximum absolute atomic E-state index is 13.8. The Balaban J connectivity index is 2.21. The third-order valence-electron chi connectivity index (χ3n) is 4.64. The molecule has 1 aliphatic carbocycles. The lowest BCUT2D eigenvalue weighted by Gasteiger charge is -2.41. The van der Waals surface area contributed by atoms with E-state index < -0.39 is 15.8 Å². The molecule has 0 unspecified atom stereocenters. The zero-order valence-electron chi connectivity index (χ0n) is 12.6. The van der Waals surface area contributed by atoms with Crippen LogP contribution < -0.4 is 10.5 Å². The van der Waals surface area contributed by atoms with E-state index in [0.717, 1.165) is 25.7 Å². The highest BCUT2D eigenvalue weighted by atomic mass is 32.2. The van der Waals surface area contributed by atoms with Crippen molar-refractivity contribution in [1.82, 2.24) is 4.72 Å². The van der Waals surface area contributed by atoms with E-state index in [0.29, 0.717) is 12.1 Å². The summed E-state index contributed by atoms with van der Waals surface area (Å²) in [6.07, 6.45) is 4.24. The molecule has 0 atom stereocenters. The van der Waals surface area contributed by atoms with Gasteiger partial charge in [0.15, 0.2) is 0 Å². The van der Waals surface area contributed by atoms with Gasteiger partial charge in [-0.15, -0.1) is 0 Å². The van der Waals surface area contributed by atoms with Crippen LogP contribution in [0.4, 0.5) is 4.39 Å². The number of nitrogens with one attached hydrogen (secondary N) is 1. The number of hydrogen-bond donors (Lipinski definition) is 2. The molecule has 1 aliphatic rings. The standard InChI is InChI=1S/C15H23FN2O2S/c1-3-15(5-4-6-15)10-18-21(19,20)13-7-11(2)14(16)12(8-13)9-17/h7-8,18H,3-6,9-10,17H2,1-2H3. The summed E-state index contributed by atoms with van der Waals surface area (Å²) in [5.74, 6) is -0.430. The summed E-state index contributed by atoms with van der Waals surface area (Å²) in [5.41, 5.74) is 6.09. The fourth-order valence-corrected chi connectivity index (χ4v) is 4.07. The van der Waals surface area contributed by atoms with Crippen LogP contribution in [0, 0.1) is 18.2 Å². The monoisotopic (exact) mass is 314 g/mol. The number of rotatable bonds is 6. The second-order valence-corrected chi connectivity index (χ2v) is 7.72. The summed E-state index contributed by atoms with van der Waals surface area (Å²) in [4.78, 5) is 0.0902. The molecule has 118 valence electrons. The summed E-state index contributed by atoms with van der Waals surface area (Å²) in [6, 6.07) is 2.68. The predicted molar refractivity (Wildman–Crippen MR) is 80.8 cm³/mol. The Morgan fingerprint density at radius 1 is 1.38 bits per heavy atom. The molecule has 1 saturated carbocycles. The highest BCUT2D eigenvalue weighted by Crippen LogP contribution is 2.43. The lowest BCUT2D eigenvalue weighted by atomic mass is 9.67. The number of sulfonamides is 1. The van der Waals surface area contributed by atoms with Gasteiger partial charge in [0.1, 0.15) is 5.82 Å². The molecule has 2 rings (SSSR count). The van der Waals surface area contributed by atoms with Gasteiger partial charge in [0.25, 0.3) is 0 Å². The minimum absolute atomic E-state index is 0.0189. The van der Waals surface area contributed by atoms with E-state index in [1.54, 1.807) is 6.92 Å². The highest BCUT2D eigenvalue weighted by molar-refractivity contribution is 7.89. The molecule has 0 aliphatic heterocycles. The first-order valence-corrected chi connectivity index (χ1v) is 8.81. The second-order valence-electron chi connectivity index (χ2n) is 5.95. The Labute approximate surface area is 126 Å². The van der Waals surface area contributed by atoms with Gasteiger partial charge in [-0.1, -0.05) is 13.3 Å². The molecule has 0 heterocycles. The molecular formula is C15H23FN2O2S. The number of nitrogens with two attached hydrogens (primary N) is 1. The molecule has 1 aromatic rings. The Hall–Kier alpha value is -0.980. The first-order chi connectivity index (χ1) is 9.83. The van der Waals surface area contributed by atoms with Crippen LogP contribution in [-0.2, 0) is 16.6 Å². The molecule has 6 heteroatoms. The topological polar surface area (TPSA) is 72.2 Å². The Morgan fingerprint density at radius 2 is 2.05 bits per heavy atom. The number of hydrogen-bond acceptors (Lipinski definition) is 3. The average Bonchev–Trinajstić information content (AvgIpc) is 2.40. The summed E-state index contributed by atoms with van der Waals surface area (Å²) >= 11 is 0. The van der Waals surface area contributed by atoms with Gasteiger partial charge < -0.3 is 5.73 Å². The summed E-state index contributed by atoms with van der Waals surface area (Å²) in [5, 5.41) is 0. The molecule has 0 saturated heterocycles. The number of benzene rings is 1. The van der Waals surface area contributed by atoms with E-state index in [4.69, 9.17) is 5.73 Å². The zero-order chi connectivity index (χ0) is 15.7. The fraction of sp³-hybridized carbons (Fsp3) is 0.600. The van der Waals surface area contributed by atoms with E-state index in [1.807, 2.05) is 0 Å². The molecule has 21 heavy (non-hydrogen) atoms. The van der Waals surface area contributed by atoms with Crippen molar-refractivity contribution < 1.29 is 12.8 Å². The van der Waals surface area contributed by atoms with Gasteiger partial charge in [-0.05, 0) is 49.3 Å². The Kier molecular flexibility index (Phi) is 4.70. The van der Waals surface area contributed by atoms with Crippen LogP contribution in [-0.4, -0.2) is 15.0 Å². The van der Waals surface area contributed by atoms with Crippen LogP contribution in [0.2, 0.25) is 0 Å². The van der Waals surface area contributed by atoms with Crippen molar-refractivity contribution in [3.63, 3.8) is 0 Å². The lowest BCUT2D eigenvalue weighted by Crippen LogP contribution is -2.41. The van der Waals surface area contributed by atoms with Gasteiger partial charge in [-0.2, -0.15) is 0 Å². The van der Waals surface area contributed by atoms with Crippen LogP contribution in [0.1, 0.15) is 43.7 Å². The third-order valence-corrected chi connectivity index (χ3v) is 6.02. The highest BCUT2D eigenvalue weighted by Gasteiger charge is 2.36. The summed E-state index contributed by atoms with van der Waals surface area (Å²) in [7, 11) is -3.62. The molecule has 0 amide bonds. The second kappa shape index (κ2) is 6.02. The van der Waals surface area contributed by atoms with Crippen LogP contribution in [0.15, 0.2) is 17.0 Å². The van der Waals surface area contributed by atoms with Crippen molar-refractivity contribution in [2.75, 3.05) is 6.54 Å². The van der Waals surface area contributed by atoms with Crippen LogP contribution >= 0.6 is 0 Å². The van der Waals surface area contributed by atoms with E-state index in [9.17, 15) is 12.8 Å². The number of halogens is 1. The quantitative estimate of drug-likeness (QED) is 0.847. The van der Waals surface area contributed by atoms with Crippen LogP contribution in [0.25, 0.3) is 0 Å². The summed E-state index contributed by atoms with van der Waals surface area (Å²) in [6.45, 7) is 4.06. The van der Waals surface area contributed by atoms with Crippen molar-refractivity contribution >= 4 is 10.0 Å². The van der Waals surface area contributed by atoms with Gasteiger partial charge in [0, 0.05) is 18.7 Å². The smallest absolute Gasteiger partial charge is 0.240 e. The third kappa shape index (κ3) is 3.27. The zero-order valence-corrected chi connectivity index (χ0v) is 13.4. The molecule has 0 radical (unpaired) electrons. The van der Waals surface area contributed by atoms with E-state index in [1.165, 1.54) is 12.1 Å². The minimum atomic E-state index is -3.62. The van der Waals surface area contributed by atoms with Gasteiger partial charge >= 0.3 is 0 Å². The van der Waals surface area contributed by atoms with Crippen LogP contribution in [0.3, 0.4) is 0 Å². The minimum Gasteiger partial charge on any atom is -0.326 e. The first kappa shape index (κ1) is 16.4. The number of aryl methyl sites for hydroxylation is 1. The molecule has 0 bridgehead atoms. The van der Waals surface area contributed by atoms with E-state index >= 15 is 0 Å². The van der Waals surface area contributed by atoms with Gasteiger partial charge in [-0.25, -0.2) is 17.5 Å². The molecular weight excluding hydrogens is 291 g/mol. The maximum atomic E-state index is 13.8. The van der Waals surface area contributed by atoms with Gasteiger partial charge in [0.2, 0.25) is 10.0 Å². The van der Waals surface area contributed by atoms with Crippen molar-refractivity contribution in [1.29, 1.82) is 0 Å². The predicted octanol–water partition coefficient (Wildman–Crippen LogP) is 2.45. The Bertz CT molecular complexity index is 619. The first-order valence-electron chi connectivity index (χ1n) is 7.32.